The molecule has 0 saturated heterocycles. The second kappa shape index (κ2) is 3.38. The molecule has 3 nitrogen and oxygen atoms in total. The summed E-state index contributed by atoms with van der Waals surface area (Å²) in [5, 5.41) is 9.87. The van der Waals surface area contributed by atoms with Crippen LogP contribution in [0.4, 0.5) is 0 Å². The van der Waals surface area contributed by atoms with E-state index in [-0.39, 0.29) is 0 Å². The molecule has 1 unspecified atom stereocenters. The maximum absolute atomic E-state index is 10.8. The van der Waals surface area contributed by atoms with E-state index >= 15 is 0 Å². The number of carboxylic acid groups (broad SMARTS) is 1. The number of carbonyl (C=O) groups is 1. The Balaban J connectivity index is 2.61. The van der Waals surface area contributed by atoms with Gasteiger partial charge in [-0.3, -0.25) is 4.79 Å². The van der Waals surface area contributed by atoms with E-state index in [1.807, 2.05) is 18.2 Å². The van der Waals surface area contributed by atoms with Gasteiger partial charge in [0.25, 0.3) is 0 Å². The Kier molecular flexibility index (Phi) is 2.21. The van der Waals surface area contributed by atoms with Crippen LogP contribution in [-0.2, 0) is 4.79 Å². The van der Waals surface area contributed by atoms with Crippen molar-refractivity contribution in [2.75, 3.05) is 0 Å². The summed E-state index contributed by atoms with van der Waals surface area (Å²) in [5.41, 5.74) is 0.837. The van der Waals surface area contributed by atoms with E-state index in [1.165, 1.54) is 11.5 Å². The number of nitrogens with zero attached hydrogens (tertiary/aromatic N) is 1. The fraction of sp³-hybridized carbons (Fsp3) is 0.200. The molecule has 1 atom stereocenters. The molecule has 0 radical (unpaired) electrons. The van der Waals surface area contributed by atoms with Gasteiger partial charge in [-0.15, -0.1) is 0 Å². The molecule has 2 aromatic rings. The van der Waals surface area contributed by atoms with Crippen molar-refractivity contribution in [2.45, 2.75) is 12.8 Å². The van der Waals surface area contributed by atoms with Gasteiger partial charge in [0.15, 0.2) is 0 Å². The maximum atomic E-state index is 10.8. The summed E-state index contributed by atoms with van der Waals surface area (Å²) in [6.45, 7) is 1.69. The molecule has 0 amide bonds. The Morgan fingerprint density at radius 1 is 1.57 bits per heavy atom. The monoisotopic (exact) mass is 207 g/mol. The summed E-state index contributed by atoms with van der Waals surface area (Å²) in [7, 11) is 0. The summed E-state index contributed by atoms with van der Waals surface area (Å²) in [6, 6.07) is 5.66. The number of hydrogen-bond acceptors (Lipinski definition) is 3. The Labute approximate surface area is 85.2 Å². The fourth-order valence-corrected chi connectivity index (χ4v) is 2.11. The van der Waals surface area contributed by atoms with Gasteiger partial charge in [0.1, 0.15) is 0 Å². The minimum Gasteiger partial charge on any atom is -0.481 e. The quantitative estimate of drug-likeness (QED) is 0.823. The molecule has 0 aliphatic rings. The highest BCUT2D eigenvalue weighted by atomic mass is 32.1. The molecular formula is C10H9NO2S. The molecule has 1 aromatic carbocycles. The van der Waals surface area contributed by atoms with E-state index in [0.717, 1.165) is 15.6 Å². The van der Waals surface area contributed by atoms with Crippen LogP contribution in [0.5, 0.6) is 0 Å². The molecule has 2 rings (SSSR count). The average molecular weight is 207 g/mol. The molecule has 72 valence electrons. The van der Waals surface area contributed by atoms with Gasteiger partial charge >= 0.3 is 5.97 Å². The zero-order valence-electron chi connectivity index (χ0n) is 7.60. The molecule has 1 N–H and O–H groups in total. The van der Waals surface area contributed by atoms with Gasteiger partial charge < -0.3 is 5.11 Å². The lowest BCUT2D eigenvalue weighted by molar-refractivity contribution is -0.138. The van der Waals surface area contributed by atoms with Crippen molar-refractivity contribution in [3.63, 3.8) is 0 Å². The van der Waals surface area contributed by atoms with Crippen molar-refractivity contribution in [1.29, 1.82) is 0 Å². The van der Waals surface area contributed by atoms with Crippen molar-refractivity contribution in [3.05, 3.63) is 30.0 Å². The summed E-state index contributed by atoms with van der Waals surface area (Å²) < 4.78 is 5.09. The van der Waals surface area contributed by atoms with E-state index in [9.17, 15) is 4.79 Å². The van der Waals surface area contributed by atoms with Gasteiger partial charge in [-0.25, -0.2) is 0 Å². The molecule has 1 heterocycles. The summed E-state index contributed by atoms with van der Waals surface area (Å²) >= 11 is 1.39. The maximum Gasteiger partial charge on any atom is 0.310 e. The van der Waals surface area contributed by atoms with Gasteiger partial charge in [0, 0.05) is 11.6 Å². The third-order valence-corrected chi connectivity index (χ3v) is 3.03. The van der Waals surface area contributed by atoms with Crippen LogP contribution in [0.1, 0.15) is 18.4 Å². The van der Waals surface area contributed by atoms with Crippen LogP contribution >= 0.6 is 11.5 Å². The standard InChI is InChI=1S/C10H9NO2S/c1-6(10(12)13)7-3-2-4-9-8(7)5-11-14-9/h2-6H,1H3,(H,12,13). The smallest absolute Gasteiger partial charge is 0.310 e. The molecule has 0 aliphatic carbocycles. The number of benzene rings is 1. The van der Waals surface area contributed by atoms with E-state index in [0.29, 0.717) is 0 Å². The van der Waals surface area contributed by atoms with Crippen LogP contribution in [0, 0.1) is 0 Å². The van der Waals surface area contributed by atoms with Crippen molar-refractivity contribution in [3.8, 4) is 0 Å². The second-order valence-electron chi connectivity index (χ2n) is 3.14. The highest BCUT2D eigenvalue weighted by Gasteiger charge is 2.16. The van der Waals surface area contributed by atoms with Gasteiger partial charge in [-0.05, 0) is 30.1 Å². The van der Waals surface area contributed by atoms with Crippen LogP contribution in [0.2, 0.25) is 0 Å². The number of fused-ring (bicyclic) bond motifs is 1. The highest BCUT2D eigenvalue weighted by molar-refractivity contribution is 7.13. The van der Waals surface area contributed by atoms with Crippen molar-refractivity contribution >= 4 is 27.6 Å². The number of hydrogen-bond donors (Lipinski definition) is 1. The van der Waals surface area contributed by atoms with Crippen LogP contribution in [-0.4, -0.2) is 15.4 Å². The number of rotatable bonds is 2. The zero-order chi connectivity index (χ0) is 10.1. The molecule has 0 spiro atoms. The molecule has 1 aromatic heterocycles. The largest absolute Gasteiger partial charge is 0.481 e. The first-order chi connectivity index (χ1) is 6.70. The molecular weight excluding hydrogens is 198 g/mol. The lowest BCUT2D eigenvalue weighted by atomic mass is 9.98. The minimum atomic E-state index is -0.802. The van der Waals surface area contributed by atoms with E-state index in [1.54, 1.807) is 13.1 Å². The Bertz CT molecular complexity index is 478. The molecule has 0 saturated carbocycles. The van der Waals surface area contributed by atoms with Crippen LogP contribution in [0.25, 0.3) is 10.1 Å². The average Bonchev–Trinajstić information content (AvgIpc) is 2.63. The first-order valence-electron chi connectivity index (χ1n) is 4.26. The predicted octanol–water partition coefficient (Wildman–Crippen LogP) is 2.48. The van der Waals surface area contributed by atoms with Gasteiger partial charge in [-0.1, -0.05) is 12.1 Å². The van der Waals surface area contributed by atoms with Gasteiger partial charge in [-0.2, -0.15) is 4.37 Å². The SMILES string of the molecule is CC(C(=O)O)c1cccc2sncc12. The van der Waals surface area contributed by atoms with E-state index in [2.05, 4.69) is 4.37 Å². The number of carboxylic acids is 1. The molecule has 0 aliphatic heterocycles. The summed E-state index contributed by atoms with van der Waals surface area (Å²) in [5.74, 6) is -1.28. The first-order valence-corrected chi connectivity index (χ1v) is 5.03. The van der Waals surface area contributed by atoms with Crippen molar-refractivity contribution in [2.24, 2.45) is 0 Å². The third-order valence-electron chi connectivity index (χ3n) is 2.27. The summed E-state index contributed by atoms with van der Waals surface area (Å²) in [4.78, 5) is 10.8. The minimum absolute atomic E-state index is 0.477. The topological polar surface area (TPSA) is 50.2 Å². The Hall–Kier alpha value is -1.42. The second-order valence-corrected chi connectivity index (χ2v) is 3.98. The predicted molar refractivity (Wildman–Crippen MR) is 55.7 cm³/mol. The zero-order valence-corrected chi connectivity index (χ0v) is 8.41. The van der Waals surface area contributed by atoms with E-state index < -0.39 is 11.9 Å². The Morgan fingerprint density at radius 2 is 2.36 bits per heavy atom. The normalized spacial score (nSPS) is 12.9. The van der Waals surface area contributed by atoms with Crippen molar-refractivity contribution in [1.82, 2.24) is 4.37 Å². The molecule has 0 bridgehead atoms. The lowest BCUT2D eigenvalue weighted by Gasteiger charge is -2.06. The van der Waals surface area contributed by atoms with Crippen molar-refractivity contribution < 1.29 is 9.90 Å². The fourth-order valence-electron chi connectivity index (χ4n) is 1.43. The Morgan fingerprint density at radius 3 is 3.07 bits per heavy atom. The van der Waals surface area contributed by atoms with Gasteiger partial charge in [0.2, 0.25) is 0 Å². The molecule has 4 heteroatoms. The number of aromatic nitrogens is 1. The van der Waals surface area contributed by atoms with E-state index in [4.69, 9.17) is 5.11 Å². The molecule has 14 heavy (non-hydrogen) atoms. The third kappa shape index (κ3) is 1.37. The van der Waals surface area contributed by atoms with Crippen LogP contribution in [0.15, 0.2) is 24.4 Å². The van der Waals surface area contributed by atoms with Gasteiger partial charge in [0.05, 0.1) is 10.6 Å². The van der Waals surface area contributed by atoms with Crippen LogP contribution in [0.3, 0.4) is 0 Å². The highest BCUT2D eigenvalue weighted by Crippen LogP contribution is 2.27. The lowest BCUT2D eigenvalue weighted by Crippen LogP contribution is -2.07. The first kappa shape index (κ1) is 9.15. The van der Waals surface area contributed by atoms with Crippen LogP contribution < -0.4 is 0 Å². The molecule has 0 fully saturated rings. The summed E-state index contributed by atoms with van der Waals surface area (Å²) in [6.07, 6.45) is 1.73. The number of aliphatic carboxylic acids is 1.